The Morgan fingerprint density at radius 2 is 1.94 bits per heavy atom. The topological polar surface area (TPSA) is 88.7 Å². The molecule has 1 heterocycles. The van der Waals surface area contributed by atoms with Crippen LogP contribution in [-0.2, 0) is 9.53 Å². The maximum Gasteiger partial charge on any atom is 0.251 e. The highest BCUT2D eigenvalue weighted by Gasteiger charge is 2.17. The molecule has 3 rings (SSSR count). The quantitative estimate of drug-likeness (QED) is 0.598. The Morgan fingerprint density at radius 1 is 1.13 bits per heavy atom. The molecule has 31 heavy (non-hydrogen) atoms. The van der Waals surface area contributed by atoms with Gasteiger partial charge in [-0.15, -0.1) is 0 Å². The Kier molecular flexibility index (Phi) is 7.52. The van der Waals surface area contributed by atoms with Crippen molar-refractivity contribution >= 4 is 23.2 Å². The predicted molar refractivity (Wildman–Crippen MR) is 122 cm³/mol. The third-order valence-corrected chi connectivity index (χ3v) is 4.67. The van der Waals surface area contributed by atoms with Crippen LogP contribution >= 0.6 is 0 Å². The number of hydrogen-bond acceptors (Lipinski definition) is 5. The number of para-hydroxylation sites is 2. The zero-order valence-electron chi connectivity index (χ0n) is 18.4. The average molecular weight is 426 g/mol. The highest BCUT2D eigenvalue weighted by atomic mass is 16.5. The summed E-state index contributed by atoms with van der Waals surface area (Å²) in [5, 5.41) is 8.86. The van der Waals surface area contributed by atoms with Crippen molar-refractivity contribution in [3.05, 3.63) is 54.1 Å². The molecule has 3 N–H and O–H groups in total. The molecule has 0 aliphatic carbocycles. The van der Waals surface area contributed by atoms with Gasteiger partial charge < -0.3 is 25.4 Å². The summed E-state index contributed by atoms with van der Waals surface area (Å²) in [7, 11) is 0. The molecule has 1 saturated heterocycles. The highest BCUT2D eigenvalue weighted by molar-refractivity contribution is 5.98. The van der Waals surface area contributed by atoms with Crippen LogP contribution in [0.4, 0.5) is 11.4 Å². The number of anilines is 2. The van der Waals surface area contributed by atoms with Gasteiger partial charge in [-0.1, -0.05) is 18.2 Å². The lowest BCUT2D eigenvalue weighted by atomic mass is 10.1. The first-order valence-electron chi connectivity index (χ1n) is 10.6. The van der Waals surface area contributed by atoms with Crippen LogP contribution in [0.5, 0.6) is 5.75 Å². The summed E-state index contributed by atoms with van der Waals surface area (Å²) in [6.07, 6.45) is 2.19. The predicted octanol–water partition coefficient (Wildman–Crippen LogP) is 3.82. The number of ether oxygens (including phenoxy) is 2. The molecule has 0 saturated carbocycles. The third-order valence-electron chi connectivity index (χ3n) is 4.67. The van der Waals surface area contributed by atoms with E-state index in [0.717, 1.165) is 25.1 Å². The molecule has 7 heteroatoms. The second-order valence-corrected chi connectivity index (χ2v) is 8.63. The Labute approximate surface area is 183 Å². The molecule has 2 aromatic carbocycles. The van der Waals surface area contributed by atoms with Gasteiger partial charge in [0.25, 0.3) is 5.91 Å². The molecule has 0 aromatic heterocycles. The van der Waals surface area contributed by atoms with Gasteiger partial charge in [-0.2, -0.15) is 0 Å². The normalized spacial score (nSPS) is 15.9. The number of carbonyl (C=O) groups excluding carboxylic acids is 2. The lowest BCUT2D eigenvalue weighted by molar-refractivity contribution is -0.114. The van der Waals surface area contributed by atoms with Gasteiger partial charge in [0.2, 0.25) is 5.91 Å². The summed E-state index contributed by atoms with van der Waals surface area (Å²) >= 11 is 0. The average Bonchev–Trinajstić information content (AvgIpc) is 3.24. The van der Waals surface area contributed by atoms with Gasteiger partial charge >= 0.3 is 0 Å². The van der Waals surface area contributed by atoms with Gasteiger partial charge in [0.1, 0.15) is 12.4 Å². The maximum absolute atomic E-state index is 12.4. The first-order chi connectivity index (χ1) is 14.8. The van der Waals surface area contributed by atoms with Crippen molar-refractivity contribution in [1.29, 1.82) is 0 Å². The van der Waals surface area contributed by atoms with Gasteiger partial charge in [0.15, 0.2) is 0 Å². The molecule has 1 atom stereocenters. The van der Waals surface area contributed by atoms with Crippen LogP contribution in [0.25, 0.3) is 0 Å². The zero-order chi connectivity index (χ0) is 22.3. The van der Waals surface area contributed by atoms with E-state index in [2.05, 4.69) is 16.0 Å². The summed E-state index contributed by atoms with van der Waals surface area (Å²) in [5.74, 6) is 0.285. The molecule has 0 radical (unpaired) electrons. The van der Waals surface area contributed by atoms with Crippen molar-refractivity contribution in [1.82, 2.24) is 5.32 Å². The van der Waals surface area contributed by atoms with Crippen LogP contribution in [0.1, 0.15) is 44.0 Å². The van der Waals surface area contributed by atoms with Crippen molar-refractivity contribution < 1.29 is 19.1 Å². The molecule has 0 spiro atoms. The minimum Gasteiger partial charge on any atom is -0.489 e. The van der Waals surface area contributed by atoms with E-state index in [1.165, 1.54) is 0 Å². The van der Waals surface area contributed by atoms with Gasteiger partial charge in [-0.25, -0.2) is 0 Å². The van der Waals surface area contributed by atoms with Gasteiger partial charge in [-0.05, 0) is 63.9 Å². The summed E-state index contributed by atoms with van der Waals surface area (Å²) in [4.78, 5) is 24.8. The van der Waals surface area contributed by atoms with Crippen molar-refractivity contribution in [3.8, 4) is 5.75 Å². The van der Waals surface area contributed by atoms with Crippen molar-refractivity contribution in [2.75, 3.05) is 30.4 Å². The molecule has 1 aliphatic rings. The first-order valence-corrected chi connectivity index (χ1v) is 10.6. The van der Waals surface area contributed by atoms with Crippen LogP contribution < -0.4 is 20.7 Å². The second-order valence-electron chi connectivity index (χ2n) is 8.63. The number of hydrogen-bond donors (Lipinski definition) is 3. The molecule has 2 amide bonds. The van der Waals surface area contributed by atoms with Crippen LogP contribution in [0.15, 0.2) is 48.5 Å². The molecule has 1 fully saturated rings. The standard InChI is InChI=1S/C24H31N3O4/c1-24(2,3)27-23(29)17-8-6-9-18(14-17)26-22(28)15-25-20-11-4-5-12-21(20)31-16-19-10-7-13-30-19/h4-6,8-9,11-12,14,19,25H,7,10,13,15-16H2,1-3H3,(H,26,28)(H,27,29). The molecule has 2 aromatic rings. The van der Waals surface area contributed by atoms with Gasteiger partial charge in [0, 0.05) is 23.4 Å². The van der Waals surface area contributed by atoms with E-state index in [4.69, 9.17) is 9.47 Å². The SMILES string of the molecule is CC(C)(C)NC(=O)c1cccc(NC(=O)CNc2ccccc2OCC2CCCO2)c1. The fraction of sp³-hybridized carbons (Fsp3) is 0.417. The van der Waals surface area contributed by atoms with E-state index in [0.29, 0.717) is 23.6 Å². The molecule has 1 unspecified atom stereocenters. The van der Waals surface area contributed by atoms with E-state index >= 15 is 0 Å². The Balaban J connectivity index is 1.54. The fourth-order valence-electron chi connectivity index (χ4n) is 3.23. The number of rotatable bonds is 8. The monoisotopic (exact) mass is 425 g/mol. The minimum absolute atomic E-state index is 0.0682. The van der Waals surface area contributed by atoms with E-state index in [1.807, 2.05) is 45.0 Å². The summed E-state index contributed by atoms with van der Waals surface area (Å²) < 4.78 is 11.5. The van der Waals surface area contributed by atoms with Crippen LogP contribution in [0, 0.1) is 0 Å². The zero-order valence-corrected chi connectivity index (χ0v) is 18.4. The van der Waals surface area contributed by atoms with E-state index in [1.54, 1.807) is 24.3 Å². The van der Waals surface area contributed by atoms with Crippen molar-refractivity contribution in [3.63, 3.8) is 0 Å². The molecule has 166 valence electrons. The Morgan fingerprint density at radius 3 is 2.68 bits per heavy atom. The van der Waals surface area contributed by atoms with Gasteiger partial charge in [0.05, 0.1) is 18.3 Å². The molecular weight excluding hydrogens is 394 g/mol. The fourth-order valence-corrected chi connectivity index (χ4v) is 3.23. The second kappa shape index (κ2) is 10.3. The number of nitrogens with one attached hydrogen (secondary N) is 3. The van der Waals surface area contributed by atoms with Crippen LogP contribution in [0.3, 0.4) is 0 Å². The number of benzene rings is 2. The van der Waals surface area contributed by atoms with E-state index in [-0.39, 0.29) is 30.0 Å². The van der Waals surface area contributed by atoms with Crippen molar-refractivity contribution in [2.45, 2.75) is 45.3 Å². The lowest BCUT2D eigenvalue weighted by Crippen LogP contribution is -2.40. The van der Waals surface area contributed by atoms with Crippen LogP contribution in [-0.4, -0.2) is 43.2 Å². The van der Waals surface area contributed by atoms with E-state index in [9.17, 15) is 9.59 Å². The molecular formula is C24H31N3O4. The number of carbonyl (C=O) groups is 2. The lowest BCUT2D eigenvalue weighted by Gasteiger charge is -2.20. The molecule has 7 nitrogen and oxygen atoms in total. The minimum atomic E-state index is -0.334. The smallest absolute Gasteiger partial charge is 0.251 e. The maximum atomic E-state index is 12.4. The Bertz CT molecular complexity index is 902. The summed E-state index contributed by atoms with van der Waals surface area (Å²) in [5.41, 5.74) is 1.47. The van der Waals surface area contributed by atoms with Gasteiger partial charge in [-0.3, -0.25) is 9.59 Å². The molecule has 0 bridgehead atoms. The third kappa shape index (κ3) is 7.29. The Hall–Kier alpha value is -3.06. The summed E-state index contributed by atoms with van der Waals surface area (Å²) in [6.45, 7) is 7.11. The van der Waals surface area contributed by atoms with Crippen molar-refractivity contribution in [2.24, 2.45) is 0 Å². The summed E-state index contributed by atoms with van der Waals surface area (Å²) in [6, 6.07) is 14.4. The highest BCUT2D eigenvalue weighted by Crippen LogP contribution is 2.25. The first kappa shape index (κ1) is 22.6. The number of amides is 2. The molecule has 1 aliphatic heterocycles. The van der Waals surface area contributed by atoms with E-state index < -0.39 is 0 Å². The largest absolute Gasteiger partial charge is 0.489 e. The van der Waals surface area contributed by atoms with Crippen LogP contribution in [0.2, 0.25) is 0 Å².